The van der Waals surface area contributed by atoms with Gasteiger partial charge in [-0.25, -0.2) is 4.39 Å². The first kappa shape index (κ1) is 12.9. The molecule has 1 aromatic carbocycles. The van der Waals surface area contributed by atoms with Crippen molar-refractivity contribution in [2.45, 2.75) is 26.0 Å². The van der Waals surface area contributed by atoms with Gasteiger partial charge in [0.25, 0.3) is 0 Å². The van der Waals surface area contributed by atoms with E-state index in [9.17, 15) is 9.50 Å². The van der Waals surface area contributed by atoms with Crippen LogP contribution in [0.2, 0.25) is 0 Å². The number of aliphatic hydroxyl groups is 1. The molecule has 1 rings (SSSR count). The largest absolute Gasteiger partial charge is 0.497 e. The van der Waals surface area contributed by atoms with Gasteiger partial charge in [0.15, 0.2) is 0 Å². The monoisotopic (exact) mass is 227 g/mol. The number of hydrogen-bond acceptors (Lipinski definition) is 3. The van der Waals surface area contributed by atoms with Crippen LogP contribution in [0, 0.1) is 11.7 Å². The minimum Gasteiger partial charge on any atom is -0.497 e. The molecule has 0 unspecified atom stereocenters. The average Bonchev–Trinajstić information content (AvgIpc) is 2.27. The molecule has 0 aliphatic rings. The Morgan fingerprint density at radius 1 is 1.38 bits per heavy atom. The molecule has 0 saturated carbocycles. The van der Waals surface area contributed by atoms with Gasteiger partial charge in [0.05, 0.1) is 19.3 Å². The van der Waals surface area contributed by atoms with Gasteiger partial charge in [-0.2, -0.15) is 0 Å². The Labute approximate surface area is 95.0 Å². The van der Waals surface area contributed by atoms with Crippen molar-refractivity contribution in [3.8, 4) is 5.75 Å². The Kier molecular flexibility index (Phi) is 4.26. The number of halogens is 1. The molecule has 0 heterocycles. The molecule has 3 N–H and O–H groups in total. The molecule has 4 heteroatoms. The van der Waals surface area contributed by atoms with Crippen molar-refractivity contribution in [2.75, 3.05) is 7.11 Å². The average molecular weight is 227 g/mol. The Morgan fingerprint density at radius 2 is 2.00 bits per heavy atom. The zero-order valence-electron chi connectivity index (χ0n) is 9.77. The van der Waals surface area contributed by atoms with E-state index in [2.05, 4.69) is 0 Å². The summed E-state index contributed by atoms with van der Waals surface area (Å²) in [7, 11) is 1.50. The molecule has 0 saturated heterocycles. The van der Waals surface area contributed by atoms with Crippen LogP contribution in [-0.2, 0) is 0 Å². The summed E-state index contributed by atoms with van der Waals surface area (Å²) in [4.78, 5) is 0. The molecular weight excluding hydrogens is 209 g/mol. The molecule has 1 aromatic rings. The number of benzene rings is 1. The fourth-order valence-corrected chi connectivity index (χ4v) is 1.50. The van der Waals surface area contributed by atoms with Crippen molar-refractivity contribution in [1.29, 1.82) is 0 Å². The van der Waals surface area contributed by atoms with Crippen LogP contribution in [0.1, 0.15) is 25.5 Å². The molecule has 0 aliphatic heterocycles. The Balaban J connectivity index is 3.02. The van der Waals surface area contributed by atoms with E-state index in [1.54, 1.807) is 0 Å². The number of nitrogens with two attached hydrogens (primary N) is 1. The zero-order chi connectivity index (χ0) is 12.3. The van der Waals surface area contributed by atoms with Crippen LogP contribution in [-0.4, -0.2) is 18.3 Å². The first-order valence-corrected chi connectivity index (χ1v) is 5.24. The number of ether oxygens (including phenoxy) is 1. The second-order valence-electron chi connectivity index (χ2n) is 4.15. The van der Waals surface area contributed by atoms with Crippen molar-refractivity contribution in [1.82, 2.24) is 0 Å². The Hall–Kier alpha value is -1.13. The third-order valence-corrected chi connectivity index (χ3v) is 2.61. The van der Waals surface area contributed by atoms with Crippen LogP contribution >= 0.6 is 0 Å². The van der Waals surface area contributed by atoms with Gasteiger partial charge in [0.1, 0.15) is 11.6 Å². The van der Waals surface area contributed by atoms with E-state index in [0.717, 1.165) is 0 Å². The van der Waals surface area contributed by atoms with Crippen molar-refractivity contribution in [3.63, 3.8) is 0 Å². The van der Waals surface area contributed by atoms with Crippen LogP contribution in [0.5, 0.6) is 5.75 Å². The Bertz CT molecular complexity index is 355. The maximum Gasteiger partial charge on any atom is 0.128 e. The molecule has 0 amide bonds. The predicted molar refractivity (Wildman–Crippen MR) is 60.7 cm³/mol. The molecule has 0 aromatic heterocycles. The summed E-state index contributed by atoms with van der Waals surface area (Å²) in [6.45, 7) is 3.67. The van der Waals surface area contributed by atoms with E-state index in [0.29, 0.717) is 5.75 Å². The van der Waals surface area contributed by atoms with Gasteiger partial charge < -0.3 is 15.6 Å². The van der Waals surface area contributed by atoms with E-state index < -0.39 is 18.0 Å². The van der Waals surface area contributed by atoms with Gasteiger partial charge in [-0.1, -0.05) is 13.8 Å². The van der Waals surface area contributed by atoms with Gasteiger partial charge in [-0.05, 0) is 24.1 Å². The van der Waals surface area contributed by atoms with E-state index in [4.69, 9.17) is 10.5 Å². The van der Waals surface area contributed by atoms with Gasteiger partial charge >= 0.3 is 0 Å². The predicted octanol–water partition coefficient (Wildman–Crippen LogP) is 1.85. The minimum atomic E-state index is -0.776. The van der Waals surface area contributed by atoms with Crippen LogP contribution < -0.4 is 10.5 Å². The summed E-state index contributed by atoms with van der Waals surface area (Å²) in [5, 5.41) is 9.80. The minimum absolute atomic E-state index is 0.0272. The third kappa shape index (κ3) is 2.71. The van der Waals surface area contributed by atoms with Crippen LogP contribution in [0.3, 0.4) is 0 Å². The lowest BCUT2D eigenvalue weighted by atomic mass is 9.94. The fraction of sp³-hybridized carbons (Fsp3) is 0.500. The zero-order valence-corrected chi connectivity index (χ0v) is 9.77. The first-order chi connectivity index (χ1) is 7.47. The van der Waals surface area contributed by atoms with Gasteiger partial charge in [0, 0.05) is 5.56 Å². The summed E-state index contributed by atoms with van der Waals surface area (Å²) < 4.78 is 18.5. The van der Waals surface area contributed by atoms with Gasteiger partial charge in [-0.15, -0.1) is 0 Å². The van der Waals surface area contributed by atoms with Crippen molar-refractivity contribution in [3.05, 3.63) is 29.6 Å². The summed E-state index contributed by atoms with van der Waals surface area (Å²) in [5.41, 5.74) is 6.10. The highest BCUT2D eigenvalue weighted by molar-refractivity contribution is 5.32. The molecule has 0 spiro atoms. The lowest BCUT2D eigenvalue weighted by Crippen LogP contribution is -2.31. The smallest absolute Gasteiger partial charge is 0.128 e. The van der Waals surface area contributed by atoms with Crippen molar-refractivity contribution in [2.24, 2.45) is 11.7 Å². The normalized spacial score (nSPS) is 14.9. The Morgan fingerprint density at radius 3 is 2.50 bits per heavy atom. The van der Waals surface area contributed by atoms with Crippen LogP contribution in [0.15, 0.2) is 18.2 Å². The highest BCUT2D eigenvalue weighted by Crippen LogP contribution is 2.25. The number of rotatable bonds is 4. The van der Waals surface area contributed by atoms with Gasteiger partial charge in [-0.3, -0.25) is 0 Å². The molecule has 0 bridgehead atoms. The number of aliphatic hydroxyl groups excluding tert-OH is 1. The lowest BCUT2D eigenvalue weighted by Gasteiger charge is -2.23. The van der Waals surface area contributed by atoms with Crippen LogP contribution in [0.25, 0.3) is 0 Å². The highest BCUT2D eigenvalue weighted by atomic mass is 19.1. The standard InChI is InChI=1S/C12H18FNO2/c1-7(2)12(15)11(14)9-6-8(16-3)4-5-10(9)13/h4-7,11-12,15H,14H2,1-3H3/t11-,12+/m0/s1. The molecule has 16 heavy (non-hydrogen) atoms. The fourth-order valence-electron chi connectivity index (χ4n) is 1.50. The maximum atomic E-state index is 13.5. The number of hydrogen-bond donors (Lipinski definition) is 2. The van der Waals surface area contributed by atoms with Crippen molar-refractivity contribution >= 4 is 0 Å². The molecule has 3 nitrogen and oxygen atoms in total. The molecule has 0 aliphatic carbocycles. The van der Waals surface area contributed by atoms with Crippen LogP contribution in [0.4, 0.5) is 4.39 Å². The SMILES string of the molecule is COc1ccc(F)c([C@H](N)[C@H](O)C(C)C)c1. The quantitative estimate of drug-likeness (QED) is 0.825. The topological polar surface area (TPSA) is 55.5 Å². The van der Waals surface area contributed by atoms with Crippen molar-refractivity contribution < 1.29 is 14.2 Å². The molecule has 2 atom stereocenters. The molecule has 0 fully saturated rings. The second-order valence-corrected chi connectivity index (χ2v) is 4.15. The van der Waals surface area contributed by atoms with E-state index in [1.807, 2.05) is 13.8 Å². The van der Waals surface area contributed by atoms with E-state index in [-0.39, 0.29) is 11.5 Å². The van der Waals surface area contributed by atoms with E-state index >= 15 is 0 Å². The van der Waals surface area contributed by atoms with Gasteiger partial charge in [0.2, 0.25) is 0 Å². The molecular formula is C12H18FNO2. The number of methoxy groups -OCH3 is 1. The first-order valence-electron chi connectivity index (χ1n) is 5.24. The molecule has 90 valence electrons. The summed E-state index contributed by atoms with van der Waals surface area (Å²) in [5.74, 6) is 0.0800. The second kappa shape index (κ2) is 5.27. The molecule has 0 radical (unpaired) electrons. The summed E-state index contributed by atoms with van der Waals surface area (Å²) in [6, 6.07) is 3.59. The maximum absolute atomic E-state index is 13.5. The third-order valence-electron chi connectivity index (χ3n) is 2.61. The highest BCUT2D eigenvalue weighted by Gasteiger charge is 2.23. The summed E-state index contributed by atoms with van der Waals surface area (Å²) >= 11 is 0. The summed E-state index contributed by atoms with van der Waals surface area (Å²) in [6.07, 6.45) is -0.776. The lowest BCUT2D eigenvalue weighted by molar-refractivity contribution is 0.0965. The van der Waals surface area contributed by atoms with E-state index in [1.165, 1.54) is 25.3 Å².